The van der Waals surface area contributed by atoms with E-state index in [2.05, 4.69) is 10.3 Å². The van der Waals surface area contributed by atoms with Gasteiger partial charge in [0.1, 0.15) is 5.82 Å². The van der Waals surface area contributed by atoms with Crippen LogP contribution in [0.5, 0.6) is 0 Å². The van der Waals surface area contributed by atoms with Gasteiger partial charge in [0, 0.05) is 12.2 Å². The monoisotopic (exact) mass is 193 g/mol. The van der Waals surface area contributed by atoms with E-state index < -0.39 is 0 Å². The Labute approximate surface area is 83.5 Å². The maximum Gasteiger partial charge on any atom is 0.123 e. The molecule has 1 aromatic rings. The van der Waals surface area contributed by atoms with Crippen molar-refractivity contribution in [2.45, 2.75) is 13.0 Å². The Morgan fingerprint density at radius 3 is 3.07 bits per heavy atom. The van der Waals surface area contributed by atoms with E-state index in [1.807, 2.05) is 19.1 Å². The minimum absolute atomic E-state index is 0.261. The smallest absolute Gasteiger partial charge is 0.123 e. The fraction of sp³-hybridized carbons (Fsp3) is 0.500. The number of nitrogens with two attached hydrogens (primary N) is 1. The lowest BCUT2D eigenvalue weighted by Crippen LogP contribution is -2.35. The largest absolute Gasteiger partial charge is 0.384 e. The fourth-order valence-corrected chi connectivity index (χ4v) is 1.72. The maximum absolute atomic E-state index is 5.59. The van der Waals surface area contributed by atoms with Crippen LogP contribution in [0.1, 0.15) is 17.3 Å². The molecule has 4 heteroatoms. The summed E-state index contributed by atoms with van der Waals surface area (Å²) in [6, 6.07) is 4.11. The van der Waals surface area contributed by atoms with Crippen LogP contribution in [0.2, 0.25) is 0 Å². The molecule has 0 aliphatic carbocycles. The fourth-order valence-electron chi connectivity index (χ4n) is 1.72. The van der Waals surface area contributed by atoms with Crippen molar-refractivity contribution in [3.8, 4) is 0 Å². The second-order valence-electron chi connectivity index (χ2n) is 3.49. The molecule has 1 aromatic heterocycles. The van der Waals surface area contributed by atoms with E-state index in [1.54, 1.807) is 0 Å². The molecule has 14 heavy (non-hydrogen) atoms. The van der Waals surface area contributed by atoms with Gasteiger partial charge in [-0.2, -0.15) is 0 Å². The van der Waals surface area contributed by atoms with Crippen molar-refractivity contribution in [3.63, 3.8) is 0 Å². The van der Waals surface area contributed by atoms with Crippen molar-refractivity contribution in [1.82, 2.24) is 10.3 Å². The molecule has 76 valence electrons. The normalized spacial score (nSPS) is 22.2. The van der Waals surface area contributed by atoms with Crippen LogP contribution >= 0.6 is 0 Å². The lowest BCUT2D eigenvalue weighted by atomic mass is 10.1. The molecule has 3 N–H and O–H groups in total. The van der Waals surface area contributed by atoms with Gasteiger partial charge in [0.15, 0.2) is 0 Å². The molecule has 2 rings (SSSR count). The summed E-state index contributed by atoms with van der Waals surface area (Å²) in [4.78, 5) is 4.23. The third kappa shape index (κ3) is 1.86. The summed E-state index contributed by atoms with van der Waals surface area (Å²) in [5.41, 5.74) is 7.75. The minimum Gasteiger partial charge on any atom is -0.384 e. The first-order chi connectivity index (χ1) is 6.77. The molecule has 0 radical (unpaired) electrons. The Hall–Kier alpha value is -1.13. The second-order valence-corrected chi connectivity index (χ2v) is 3.49. The molecule has 1 atom stereocenters. The molecular weight excluding hydrogens is 178 g/mol. The van der Waals surface area contributed by atoms with E-state index in [-0.39, 0.29) is 6.04 Å². The van der Waals surface area contributed by atoms with Gasteiger partial charge in [-0.3, -0.25) is 0 Å². The Morgan fingerprint density at radius 2 is 2.43 bits per heavy atom. The van der Waals surface area contributed by atoms with Gasteiger partial charge in [-0.15, -0.1) is 0 Å². The highest BCUT2D eigenvalue weighted by Gasteiger charge is 2.17. The topological polar surface area (TPSA) is 60.2 Å². The number of pyridine rings is 1. The molecule has 1 saturated heterocycles. The van der Waals surface area contributed by atoms with E-state index in [0.717, 1.165) is 18.8 Å². The van der Waals surface area contributed by atoms with Gasteiger partial charge in [0.2, 0.25) is 0 Å². The summed E-state index contributed by atoms with van der Waals surface area (Å²) < 4.78 is 5.40. The molecule has 0 bridgehead atoms. The van der Waals surface area contributed by atoms with E-state index in [1.165, 1.54) is 5.56 Å². The van der Waals surface area contributed by atoms with Crippen LogP contribution in [0.25, 0.3) is 0 Å². The quantitative estimate of drug-likeness (QED) is 0.687. The highest BCUT2D eigenvalue weighted by molar-refractivity contribution is 5.35. The molecule has 1 fully saturated rings. The second kappa shape index (κ2) is 3.94. The number of aromatic nitrogens is 1. The van der Waals surface area contributed by atoms with Gasteiger partial charge in [0.05, 0.1) is 19.3 Å². The Bertz CT molecular complexity index is 321. The first kappa shape index (κ1) is 9.43. The van der Waals surface area contributed by atoms with Crippen LogP contribution in [0.15, 0.2) is 12.1 Å². The average Bonchev–Trinajstić information content (AvgIpc) is 2.19. The lowest BCUT2D eigenvalue weighted by molar-refractivity contribution is 0.0766. The van der Waals surface area contributed by atoms with E-state index >= 15 is 0 Å². The zero-order valence-corrected chi connectivity index (χ0v) is 8.29. The van der Waals surface area contributed by atoms with Gasteiger partial charge in [-0.1, -0.05) is 6.07 Å². The Morgan fingerprint density at radius 1 is 1.57 bits per heavy atom. The molecule has 4 nitrogen and oxygen atoms in total. The van der Waals surface area contributed by atoms with Crippen molar-refractivity contribution in [1.29, 1.82) is 0 Å². The van der Waals surface area contributed by atoms with Gasteiger partial charge in [-0.05, 0) is 18.6 Å². The maximum atomic E-state index is 5.59. The molecule has 0 aromatic carbocycles. The molecule has 0 unspecified atom stereocenters. The van der Waals surface area contributed by atoms with Crippen LogP contribution in [0.4, 0.5) is 5.82 Å². The van der Waals surface area contributed by atoms with Crippen molar-refractivity contribution in [2.75, 3.05) is 25.5 Å². The number of ether oxygens (including phenoxy) is 1. The molecule has 0 spiro atoms. The first-order valence-corrected chi connectivity index (χ1v) is 4.81. The number of aryl methyl sites for hydroxylation is 1. The van der Waals surface area contributed by atoms with Crippen molar-refractivity contribution < 1.29 is 4.74 Å². The van der Waals surface area contributed by atoms with E-state index in [4.69, 9.17) is 10.5 Å². The highest BCUT2D eigenvalue weighted by Crippen LogP contribution is 2.19. The van der Waals surface area contributed by atoms with E-state index in [0.29, 0.717) is 12.4 Å². The zero-order chi connectivity index (χ0) is 9.97. The molecular formula is C10H15N3O. The summed E-state index contributed by atoms with van der Waals surface area (Å²) in [5, 5.41) is 3.39. The van der Waals surface area contributed by atoms with Crippen molar-refractivity contribution >= 4 is 5.82 Å². The number of morpholine rings is 1. The predicted octanol–water partition coefficient (Wildman–Crippen LogP) is 0.633. The van der Waals surface area contributed by atoms with Crippen molar-refractivity contribution in [2.24, 2.45) is 0 Å². The van der Waals surface area contributed by atoms with Crippen molar-refractivity contribution in [3.05, 3.63) is 23.4 Å². The summed E-state index contributed by atoms with van der Waals surface area (Å²) in [5.74, 6) is 0.572. The van der Waals surface area contributed by atoms with Crippen LogP contribution in [-0.4, -0.2) is 24.7 Å². The standard InChI is InChI=1S/C10H15N3O/c1-7-8(2-3-10(11)13-7)9-6-14-5-4-12-9/h2-3,9,12H,4-6H2,1H3,(H2,11,13)/t9-/m0/s1. The number of nitrogen functional groups attached to an aromatic ring is 1. The predicted molar refractivity (Wildman–Crippen MR) is 54.9 cm³/mol. The highest BCUT2D eigenvalue weighted by atomic mass is 16.5. The van der Waals surface area contributed by atoms with E-state index in [9.17, 15) is 0 Å². The number of hydrogen-bond donors (Lipinski definition) is 2. The lowest BCUT2D eigenvalue weighted by Gasteiger charge is -2.25. The number of rotatable bonds is 1. The molecule has 0 saturated carbocycles. The van der Waals surface area contributed by atoms with Gasteiger partial charge in [0.25, 0.3) is 0 Å². The Kier molecular flexibility index (Phi) is 2.65. The number of nitrogens with one attached hydrogen (secondary N) is 1. The van der Waals surface area contributed by atoms with Gasteiger partial charge >= 0.3 is 0 Å². The van der Waals surface area contributed by atoms with Crippen LogP contribution in [0, 0.1) is 6.92 Å². The summed E-state index contributed by atoms with van der Waals surface area (Å²) in [6.45, 7) is 4.38. The molecule has 0 amide bonds. The van der Waals surface area contributed by atoms with Crippen LogP contribution < -0.4 is 11.1 Å². The Balaban J connectivity index is 2.22. The van der Waals surface area contributed by atoms with Gasteiger partial charge < -0.3 is 15.8 Å². The number of anilines is 1. The molecule has 2 heterocycles. The number of nitrogens with zero attached hydrogens (tertiary/aromatic N) is 1. The summed E-state index contributed by atoms with van der Waals surface area (Å²) >= 11 is 0. The summed E-state index contributed by atoms with van der Waals surface area (Å²) in [7, 11) is 0. The first-order valence-electron chi connectivity index (χ1n) is 4.81. The average molecular weight is 193 g/mol. The summed E-state index contributed by atoms with van der Waals surface area (Å²) in [6.07, 6.45) is 0. The van der Waals surface area contributed by atoms with Gasteiger partial charge in [-0.25, -0.2) is 4.98 Å². The SMILES string of the molecule is Cc1nc(N)ccc1[C@@H]1COCCN1. The van der Waals surface area contributed by atoms with Crippen LogP contribution in [-0.2, 0) is 4.74 Å². The third-order valence-corrected chi connectivity index (χ3v) is 2.45. The number of hydrogen-bond acceptors (Lipinski definition) is 4. The zero-order valence-electron chi connectivity index (χ0n) is 8.29. The minimum atomic E-state index is 0.261. The van der Waals surface area contributed by atoms with Crippen LogP contribution in [0.3, 0.4) is 0 Å². The molecule has 1 aliphatic heterocycles. The third-order valence-electron chi connectivity index (χ3n) is 2.45. The molecule has 1 aliphatic rings.